The van der Waals surface area contributed by atoms with Crippen LogP contribution >= 0.6 is 0 Å². The van der Waals surface area contributed by atoms with Gasteiger partial charge in [0.15, 0.2) is 5.82 Å². The highest BCUT2D eigenvalue weighted by Gasteiger charge is 2.12. The van der Waals surface area contributed by atoms with Gasteiger partial charge in [-0.3, -0.25) is 4.98 Å². The van der Waals surface area contributed by atoms with E-state index < -0.39 is 0 Å². The van der Waals surface area contributed by atoms with Crippen molar-refractivity contribution in [1.29, 1.82) is 0 Å². The fraction of sp³-hybridized carbons (Fsp3) is 0.357. The average molecular weight is 225 g/mol. The van der Waals surface area contributed by atoms with Crippen molar-refractivity contribution < 1.29 is 0 Å². The third-order valence-electron chi connectivity index (χ3n) is 3.20. The number of rotatable bonds is 1. The maximum atomic E-state index is 4.64. The molecule has 0 amide bonds. The van der Waals surface area contributed by atoms with Gasteiger partial charge < -0.3 is 0 Å². The molecular weight excluding hydrogens is 210 g/mol. The van der Waals surface area contributed by atoms with E-state index >= 15 is 0 Å². The summed E-state index contributed by atoms with van der Waals surface area (Å²) in [5.41, 5.74) is 4.55. The molecule has 0 bridgehead atoms. The van der Waals surface area contributed by atoms with Crippen molar-refractivity contribution in [2.45, 2.75) is 32.6 Å². The topological polar surface area (TPSA) is 38.7 Å². The minimum Gasteiger partial charge on any atom is -0.253 e. The summed E-state index contributed by atoms with van der Waals surface area (Å²) in [4.78, 5) is 13.4. The highest BCUT2D eigenvalue weighted by molar-refractivity contribution is 5.49. The van der Waals surface area contributed by atoms with Gasteiger partial charge in [0.25, 0.3) is 0 Å². The van der Waals surface area contributed by atoms with Crippen LogP contribution in [-0.4, -0.2) is 15.0 Å². The van der Waals surface area contributed by atoms with E-state index in [-0.39, 0.29) is 0 Å². The molecule has 86 valence electrons. The van der Waals surface area contributed by atoms with E-state index in [1.165, 1.54) is 24.1 Å². The number of nitrogens with zero attached hydrogens (tertiary/aromatic N) is 3. The molecule has 0 unspecified atom stereocenters. The van der Waals surface area contributed by atoms with Crippen molar-refractivity contribution in [3.05, 3.63) is 41.3 Å². The molecule has 0 radical (unpaired) electrons. The van der Waals surface area contributed by atoms with Crippen LogP contribution in [0, 0.1) is 6.92 Å². The van der Waals surface area contributed by atoms with Gasteiger partial charge in [0, 0.05) is 18.1 Å². The number of aromatic nitrogens is 3. The first-order valence-corrected chi connectivity index (χ1v) is 6.11. The number of aryl methyl sites for hydroxylation is 3. The first-order valence-electron chi connectivity index (χ1n) is 6.11. The van der Waals surface area contributed by atoms with Crippen molar-refractivity contribution in [2.24, 2.45) is 0 Å². The molecule has 3 nitrogen and oxygen atoms in total. The summed E-state index contributed by atoms with van der Waals surface area (Å²) < 4.78 is 0. The predicted molar refractivity (Wildman–Crippen MR) is 66.6 cm³/mol. The molecule has 0 spiro atoms. The molecule has 2 aromatic heterocycles. The molecule has 3 heteroatoms. The lowest BCUT2D eigenvalue weighted by atomic mass is 9.97. The summed E-state index contributed by atoms with van der Waals surface area (Å²) in [7, 11) is 0. The largest absolute Gasteiger partial charge is 0.253 e. The van der Waals surface area contributed by atoms with Gasteiger partial charge in [0.2, 0.25) is 0 Å². The minimum atomic E-state index is 0.755. The van der Waals surface area contributed by atoms with Crippen LogP contribution in [0.1, 0.15) is 29.7 Å². The second-order valence-electron chi connectivity index (χ2n) is 4.59. The first kappa shape index (κ1) is 10.4. The Labute approximate surface area is 101 Å². The molecule has 1 aliphatic carbocycles. The zero-order valence-corrected chi connectivity index (χ0v) is 9.98. The zero-order valence-electron chi connectivity index (χ0n) is 9.98. The molecule has 2 heterocycles. The highest BCUT2D eigenvalue weighted by atomic mass is 14.9. The van der Waals surface area contributed by atoms with Gasteiger partial charge in [-0.2, -0.15) is 0 Å². The summed E-state index contributed by atoms with van der Waals surface area (Å²) in [5.74, 6) is 0.755. The summed E-state index contributed by atoms with van der Waals surface area (Å²) >= 11 is 0. The maximum Gasteiger partial charge on any atom is 0.178 e. The lowest BCUT2D eigenvalue weighted by Gasteiger charge is -2.14. The lowest BCUT2D eigenvalue weighted by molar-refractivity contribution is 0.663. The third-order valence-corrected chi connectivity index (χ3v) is 3.20. The van der Waals surface area contributed by atoms with E-state index in [0.717, 1.165) is 29.9 Å². The molecule has 2 aromatic rings. The molecule has 0 saturated heterocycles. The SMILES string of the molecule is Cc1ccc(-c2ncc3c(n2)CCCC3)nc1. The lowest BCUT2D eigenvalue weighted by Crippen LogP contribution is -2.07. The Balaban J connectivity index is 2.01. The summed E-state index contributed by atoms with van der Waals surface area (Å²) in [6.07, 6.45) is 8.54. The fourth-order valence-electron chi connectivity index (χ4n) is 2.20. The van der Waals surface area contributed by atoms with Crippen LogP contribution < -0.4 is 0 Å². The van der Waals surface area contributed by atoms with Gasteiger partial charge >= 0.3 is 0 Å². The van der Waals surface area contributed by atoms with E-state index in [1.807, 2.05) is 31.5 Å². The van der Waals surface area contributed by atoms with Crippen LogP contribution in [0.5, 0.6) is 0 Å². The van der Waals surface area contributed by atoms with Gasteiger partial charge in [-0.1, -0.05) is 6.07 Å². The minimum absolute atomic E-state index is 0.755. The Kier molecular flexibility index (Phi) is 2.59. The van der Waals surface area contributed by atoms with E-state index in [9.17, 15) is 0 Å². The van der Waals surface area contributed by atoms with Gasteiger partial charge in [0.1, 0.15) is 5.69 Å². The Morgan fingerprint density at radius 3 is 2.71 bits per heavy atom. The summed E-state index contributed by atoms with van der Waals surface area (Å²) in [6.45, 7) is 2.03. The number of hydrogen-bond donors (Lipinski definition) is 0. The normalized spacial score (nSPS) is 14.4. The Bertz CT molecular complexity index is 532. The first-order chi connectivity index (χ1) is 8.33. The second kappa shape index (κ2) is 4.24. The van der Waals surface area contributed by atoms with E-state index in [4.69, 9.17) is 0 Å². The molecule has 1 aliphatic rings. The van der Waals surface area contributed by atoms with Crippen molar-refractivity contribution in [2.75, 3.05) is 0 Å². The molecular formula is C14H15N3. The molecule has 0 N–H and O–H groups in total. The van der Waals surface area contributed by atoms with Crippen LogP contribution in [0.4, 0.5) is 0 Å². The zero-order chi connectivity index (χ0) is 11.7. The number of pyridine rings is 1. The molecule has 0 aliphatic heterocycles. The number of fused-ring (bicyclic) bond motifs is 1. The van der Waals surface area contributed by atoms with Gasteiger partial charge in [-0.25, -0.2) is 9.97 Å². The molecule has 17 heavy (non-hydrogen) atoms. The Hall–Kier alpha value is -1.77. The molecule has 0 saturated carbocycles. The molecule has 3 rings (SSSR count). The average Bonchev–Trinajstić information content (AvgIpc) is 2.39. The standard InChI is InChI=1S/C14H15N3/c1-10-6-7-13(15-8-10)14-16-9-11-4-2-3-5-12(11)17-14/h6-9H,2-5H2,1H3. The van der Waals surface area contributed by atoms with Crippen molar-refractivity contribution in [3.63, 3.8) is 0 Å². The second-order valence-corrected chi connectivity index (χ2v) is 4.59. The van der Waals surface area contributed by atoms with E-state index in [1.54, 1.807) is 0 Å². The van der Waals surface area contributed by atoms with Gasteiger partial charge in [-0.15, -0.1) is 0 Å². The predicted octanol–water partition coefficient (Wildman–Crippen LogP) is 2.73. The van der Waals surface area contributed by atoms with Crippen LogP contribution in [0.3, 0.4) is 0 Å². The van der Waals surface area contributed by atoms with Crippen molar-refractivity contribution >= 4 is 0 Å². The van der Waals surface area contributed by atoms with Crippen molar-refractivity contribution in [1.82, 2.24) is 15.0 Å². The van der Waals surface area contributed by atoms with E-state index in [2.05, 4.69) is 15.0 Å². The van der Waals surface area contributed by atoms with Crippen molar-refractivity contribution in [3.8, 4) is 11.5 Å². The van der Waals surface area contributed by atoms with E-state index in [0.29, 0.717) is 0 Å². The Morgan fingerprint density at radius 1 is 1.00 bits per heavy atom. The monoisotopic (exact) mass is 225 g/mol. The quantitative estimate of drug-likeness (QED) is 0.749. The number of hydrogen-bond acceptors (Lipinski definition) is 3. The maximum absolute atomic E-state index is 4.64. The molecule has 0 aromatic carbocycles. The van der Waals surface area contributed by atoms with Gasteiger partial charge in [-0.05, 0) is 49.8 Å². The summed E-state index contributed by atoms with van der Waals surface area (Å²) in [5, 5.41) is 0. The van der Waals surface area contributed by atoms with Crippen LogP contribution in [0.15, 0.2) is 24.5 Å². The highest BCUT2D eigenvalue weighted by Crippen LogP contribution is 2.21. The fourth-order valence-corrected chi connectivity index (χ4v) is 2.20. The van der Waals surface area contributed by atoms with Crippen LogP contribution in [0.2, 0.25) is 0 Å². The smallest absolute Gasteiger partial charge is 0.178 e. The molecule has 0 fully saturated rings. The Morgan fingerprint density at radius 2 is 1.88 bits per heavy atom. The third kappa shape index (κ3) is 2.05. The van der Waals surface area contributed by atoms with Crippen LogP contribution in [-0.2, 0) is 12.8 Å². The van der Waals surface area contributed by atoms with Gasteiger partial charge in [0.05, 0.1) is 0 Å². The molecule has 0 atom stereocenters. The van der Waals surface area contributed by atoms with Crippen LogP contribution in [0.25, 0.3) is 11.5 Å². The summed E-state index contributed by atoms with van der Waals surface area (Å²) in [6, 6.07) is 4.03.